The van der Waals surface area contributed by atoms with E-state index in [0.717, 1.165) is 0 Å². The van der Waals surface area contributed by atoms with E-state index < -0.39 is 15.9 Å². The molecule has 0 bridgehead atoms. The van der Waals surface area contributed by atoms with E-state index in [1.807, 2.05) is 4.72 Å². The SMILES string of the molecule is COc1cc2c(cc1OC)S(=O)(=O)NC(=O)C2. The molecule has 1 amide bonds. The molecule has 0 spiro atoms. The Hall–Kier alpha value is -1.76. The van der Waals surface area contributed by atoms with Crippen LogP contribution in [0.4, 0.5) is 0 Å². The average molecular weight is 257 g/mol. The Bertz CT molecular complexity index is 579. The largest absolute Gasteiger partial charge is 0.493 e. The fourth-order valence-corrected chi connectivity index (χ4v) is 2.92. The molecular weight excluding hydrogens is 246 g/mol. The van der Waals surface area contributed by atoms with Crippen LogP contribution in [0.5, 0.6) is 11.5 Å². The first-order valence-electron chi connectivity index (χ1n) is 4.78. The fourth-order valence-electron chi connectivity index (χ4n) is 1.70. The topological polar surface area (TPSA) is 81.7 Å². The third kappa shape index (κ3) is 1.93. The first kappa shape index (κ1) is 11.7. The lowest BCUT2D eigenvalue weighted by molar-refractivity contribution is -0.118. The number of nitrogens with one attached hydrogen (secondary N) is 1. The van der Waals surface area contributed by atoms with Gasteiger partial charge in [0.2, 0.25) is 5.91 Å². The molecule has 0 radical (unpaired) electrons. The maximum absolute atomic E-state index is 11.7. The van der Waals surface area contributed by atoms with Crippen molar-refractivity contribution < 1.29 is 22.7 Å². The van der Waals surface area contributed by atoms with Crippen molar-refractivity contribution in [3.63, 3.8) is 0 Å². The molecule has 1 heterocycles. The highest BCUT2D eigenvalue weighted by atomic mass is 32.2. The first-order valence-corrected chi connectivity index (χ1v) is 6.27. The first-order chi connectivity index (χ1) is 7.97. The normalized spacial score (nSPS) is 16.9. The van der Waals surface area contributed by atoms with Crippen LogP contribution >= 0.6 is 0 Å². The smallest absolute Gasteiger partial charge is 0.264 e. The molecule has 7 heteroatoms. The van der Waals surface area contributed by atoms with Gasteiger partial charge in [-0.15, -0.1) is 0 Å². The van der Waals surface area contributed by atoms with Crippen LogP contribution in [-0.4, -0.2) is 28.5 Å². The van der Waals surface area contributed by atoms with Crippen LogP contribution in [-0.2, 0) is 21.2 Å². The lowest BCUT2D eigenvalue weighted by Crippen LogP contribution is -2.37. The average Bonchev–Trinajstić information content (AvgIpc) is 2.26. The number of benzene rings is 1. The predicted octanol–water partition coefficient (Wildman–Crippen LogP) is 0.0648. The number of methoxy groups -OCH3 is 2. The van der Waals surface area contributed by atoms with E-state index in [4.69, 9.17) is 9.47 Å². The van der Waals surface area contributed by atoms with Gasteiger partial charge in [0, 0.05) is 6.07 Å². The second kappa shape index (κ2) is 3.92. The van der Waals surface area contributed by atoms with Crippen LogP contribution in [0, 0.1) is 0 Å². The minimum atomic E-state index is -3.78. The van der Waals surface area contributed by atoms with Crippen molar-refractivity contribution in [2.75, 3.05) is 14.2 Å². The van der Waals surface area contributed by atoms with E-state index in [1.54, 1.807) is 0 Å². The molecule has 1 aromatic carbocycles. The second-order valence-corrected chi connectivity index (χ2v) is 5.17. The van der Waals surface area contributed by atoms with Gasteiger partial charge in [-0.25, -0.2) is 13.1 Å². The fraction of sp³-hybridized carbons (Fsp3) is 0.300. The Balaban J connectivity index is 2.68. The van der Waals surface area contributed by atoms with Crippen molar-refractivity contribution >= 4 is 15.9 Å². The molecule has 0 aromatic heterocycles. The van der Waals surface area contributed by atoms with Gasteiger partial charge in [0.15, 0.2) is 11.5 Å². The van der Waals surface area contributed by atoms with Crippen LogP contribution in [0.1, 0.15) is 5.56 Å². The molecule has 0 fully saturated rings. The van der Waals surface area contributed by atoms with Crippen LogP contribution in [0.25, 0.3) is 0 Å². The summed E-state index contributed by atoms with van der Waals surface area (Å²) in [6.07, 6.45) is 0.00885. The molecule has 1 aliphatic rings. The number of sulfonamides is 1. The summed E-state index contributed by atoms with van der Waals surface area (Å²) in [7, 11) is -0.923. The molecule has 0 unspecified atom stereocenters. The van der Waals surface area contributed by atoms with Crippen molar-refractivity contribution in [2.24, 2.45) is 0 Å². The Morgan fingerprint density at radius 2 is 1.76 bits per heavy atom. The van der Waals surface area contributed by atoms with E-state index in [2.05, 4.69) is 0 Å². The van der Waals surface area contributed by atoms with Crippen molar-refractivity contribution in [2.45, 2.75) is 11.3 Å². The summed E-state index contributed by atoms with van der Waals surface area (Å²) in [6.45, 7) is 0. The standard InChI is InChI=1S/C10H11NO5S/c1-15-7-3-6-4-10(12)11-17(13,14)9(6)5-8(7)16-2/h3,5H,4H2,1-2H3,(H,11,12). The number of amides is 1. The maximum Gasteiger partial charge on any atom is 0.264 e. The molecule has 0 aliphatic carbocycles. The van der Waals surface area contributed by atoms with E-state index in [-0.39, 0.29) is 11.3 Å². The van der Waals surface area contributed by atoms with Gasteiger partial charge in [-0.1, -0.05) is 0 Å². The zero-order valence-electron chi connectivity index (χ0n) is 9.31. The molecule has 1 aromatic rings. The van der Waals surface area contributed by atoms with E-state index in [9.17, 15) is 13.2 Å². The number of rotatable bonds is 2. The Morgan fingerprint density at radius 1 is 1.18 bits per heavy atom. The van der Waals surface area contributed by atoms with Gasteiger partial charge in [-0.05, 0) is 11.6 Å². The molecule has 0 saturated carbocycles. The molecule has 6 nitrogen and oxygen atoms in total. The lowest BCUT2D eigenvalue weighted by atomic mass is 10.1. The van der Waals surface area contributed by atoms with Crippen molar-refractivity contribution in [3.8, 4) is 11.5 Å². The third-order valence-electron chi connectivity index (χ3n) is 2.46. The summed E-state index contributed by atoms with van der Waals surface area (Å²) in [5.74, 6) is 0.159. The Kier molecular flexibility index (Phi) is 2.70. The summed E-state index contributed by atoms with van der Waals surface area (Å²) >= 11 is 0. The van der Waals surface area contributed by atoms with Crippen molar-refractivity contribution in [1.29, 1.82) is 0 Å². The highest BCUT2D eigenvalue weighted by molar-refractivity contribution is 7.90. The summed E-state index contributed by atoms with van der Waals surface area (Å²) in [6, 6.07) is 2.85. The van der Waals surface area contributed by atoms with Gasteiger partial charge in [-0.3, -0.25) is 4.79 Å². The summed E-state index contributed by atoms with van der Waals surface area (Å²) in [5.41, 5.74) is 0.409. The highest BCUT2D eigenvalue weighted by Crippen LogP contribution is 2.34. The number of hydrogen-bond acceptors (Lipinski definition) is 5. The number of carbonyl (C=O) groups is 1. The quantitative estimate of drug-likeness (QED) is 0.810. The van der Waals surface area contributed by atoms with Gasteiger partial charge >= 0.3 is 0 Å². The number of carbonyl (C=O) groups excluding carboxylic acids is 1. The minimum absolute atomic E-state index is 0.00885. The maximum atomic E-state index is 11.7. The Morgan fingerprint density at radius 3 is 2.35 bits per heavy atom. The number of fused-ring (bicyclic) bond motifs is 1. The number of ether oxygens (including phenoxy) is 2. The zero-order chi connectivity index (χ0) is 12.6. The molecule has 92 valence electrons. The van der Waals surface area contributed by atoms with E-state index >= 15 is 0 Å². The van der Waals surface area contributed by atoms with Crippen LogP contribution in [0.15, 0.2) is 17.0 Å². The van der Waals surface area contributed by atoms with Crippen molar-refractivity contribution in [1.82, 2.24) is 4.72 Å². The highest BCUT2D eigenvalue weighted by Gasteiger charge is 2.29. The Labute approximate surface area is 98.6 Å². The molecular formula is C10H11NO5S. The van der Waals surface area contributed by atoms with E-state index in [0.29, 0.717) is 17.1 Å². The lowest BCUT2D eigenvalue weighted by Gasteiger charge is -2.19. The van der Waals surface area contributed by atoms with Gasteiger partial charge in [-0.2, -0.15) is 0 Å². The van der Waals surface area contributed by atoms with Crippen molar-refractivity contribution in [3.05, 3.63) is 17.7 Å². The second-order valence-electron chi connectivity index (χ2n) is 3.52. The minimum Gasteiger partial charge on any atom is -0.493 e. The summed E-state index contributed by atoms with van der Waals surface area (Å²) in [4.78, 5) is 11.3. The van der Waals surface area contributed by atoms with Gasteiger partial charge in [0.05, 0.1) is 25.5 Å². The van der Waals surface area contributed by atoms with Gasteiger partial charge < -0.3 is 9.47 Å². The van der Waals surface area contributed by atoms with Crippen LogP contribution < -0.4 is 14.2 Å². The third-order valence-corrected chi connectivity index (χ3v) is 3.91. The van der Waals surface area contributed by atoms with Crippen LogP contribution in [0.3, 0.4) is 0 Å². The van der Waals surface area contributed by atoms with E-state index in [1.165, 1.54) is 26.4 Å². The molecule has 1 aliphatic heterocycles. The number of hydrogen-bond donors (Lipinski definition) is 1. The predicted molar refractivity (Wildman–Crippen MR) is 58.6 cm³/mol. The summed E-state index contributed by atoms with van der Waals surface area (Å²) in [5, 5.41) is 0. The van der Waals surface area contributed by atoms with Gasteiger partial charge in [0.1, 0.15) is 0 Å². The molecule has 2 rings (SSSR count). The zero-order valence-corrected chi connectivity index (χ0v) is 10.1. The van der Waals surface area contributed by atoms with Crippen LogP contribution in [0.2, 0.25) is 0 Å². The molecule has 17 heavy (non-hydrogen) atoms. The van der Waals surface area contributed by atoms with Gasteiger partial charge in [0.25, 0.3) is 10.0 Å². The molecule has 0 saturated heterocycles. The molecule has 0 atom stereocenters. The monoisotopic (exact) mass is 257 g/mol. The molecule has 1 N–H and O–H groups in total. The summed E-state index contributed by atoms with van der Waals surface area (Å²) < 4.78 is 35.5.